The van der Waals surface area contributed by atoms with Gasteiger partial charge in [0.15, 0.2) is 0 Å². The second-order valence-corrected chi connectivity index (χ2v) is 5.94. The van der Waals surface area contributed by atoms with Gasteiger partial charge in [0.05, 0.1) is 17.7 Å². The van der Waals surface area contributed by atoms with E-state index in [1.54, 1.807) is 6.92 Å². The maximum atomic E-state index is 11.9. The fraction of sp³-hybridized carbons (Fsp3) is 0.417. The molecule has 1 unspecified atom stereocenters. The Bertz CT molecular complexity index is 586. The number of methoxy groups -OCH3 is 1. The van der Waals surface area contributed by atoms with Gasteiger partial charge in [-0.3, -0.25) is 4.79 Å². The van der Waals surface area contributed by atoms with Crippen molar-refractivity contribution in [2.24, 2.45) is 16.8 Å². The Morgan fingerprint density at radius 3 is 2.60 bits per heavy atom. The van der Waals surface area contributed by atoms with Crippen molar-refractivity contribution in [3.8, 4) is 5.75 Å². The number of ether oxygens (including phenoxy) is 1. The first-order valence-corrected chi connectivity index (χ1v) is 7.56. The van der Waals surface area contributed by atoms with Crippen LogP contribution in [0.4, 0.5) is 5.69 Å². The molecule has 0 fully saturated rings. The predicted molar refractivity (Wildman–Crippen MR) is 75.8 cm³/mol. The molecule has 0 aliphatic heterocycles. The first-order valence-electron chi connectivity index (χ1n) is 6.01. The van der Waals surface area contributed by atoms with Crippen LogP contribution in [0.15, 0.2) is 23.1 Å². The van der Waals surface area contributed by atoms with Crippen LogP contribution in [-0.4, -0.2) is 28.0 Å². The Hall–Kier alpha value is -1.64. The van der Waals surface area contributed by atoms with Crippen molar-refractivity contribution in [3.63, 3.8) is 0 Å². The summed E-state index contributed by atoms with van der Waals surface area (Å²) in [5.41, 5.74) is 5.65. The summed E-state index contributed by atoms with van der Waals surface area (Å²) in [5.74, 6) is -0.200. The van der Waals surface area contributed by atoms with E-state index in [2.05, 4.69) is 5.32 Å². The minimum absolute atomic E-state index is 0.0972. The normalized spacial score (nSPS) is 12.8. The molecule has 1 aromatic rings. The SMILES string of the molecule is COc1ccc(S(N)(=O)=O)cc1NC(=O)C(C)CCN. The molecule has 8 heteroatoms. The molecule has 0 saturated carbocycles. The van der Waals surface area contributed by atoms with Gasteiger partial charge in [-0.25, -0.2) is 13.6 Å². The zero-order chi connectivity index (χ0) is 15.3. The summed E-state index contributed by atoms with van der Waals surface area (Å²) >= 11 is 0. The van der Waals surface area contributed by atoms with Crippen LogP contribution in [0.3, 0.4) is 0 Å². The molecule has 1 amide bonds. The molecule has 1 rings (SSSR count). The second-order valence-electron chi connectivity index (χ2n) is 4.37. The molecule has 0 bridgehead atoms. The quantitative estimate of drug-likeness (QED) is 0.695. The number of anilines is 1. The van der Waals surface area contributed by atoms with Crippen molar-refractivity contribution in [1.29, 1.82) is 0 Å². The van der Waals surface area contributed by atoms with Crippen LogP contribution in [0, 0.1) is 5.92 Å². The summed E-state index contributed by atoms with van der Waals surface area (Å²) in [6, 6.07) is 4.01. The topological polar surface area (TPSA) is 125 Å². The number of hydrogen-bond acceptors (Lipinski definition) is 5. The predicted octanol–water partition coefficient (Wildman–Crippen LogP) is 0.266. The van der Waals surface area contributed by atoms with Gasteiger partial charge in [-0.1, -0.05) is 6.92 Å². The second kappa shape index (κ2) is 6.69. The lowest BCUT2D eigenvalue weighted by atomic mass is 10.1. The molecule has 0 spiro atoms. The minimum atomic E-state index is -3.84. The van der Waals surface area contributed by atoms with Crippen molar-refractivity contribution in [2.45, 2.75) is 18.2 Å². The van der Waals surface area contributed by atoms with Crippen LogP contribution < -0.4 is 20.9 Å². The first-order chi connectivity index (χ1) is 9.29. The number of nitrogens with one attached hydrogen (secondary N) is 1. The summed E-state index contributed by atoms with van der Waals surface area (Å²) in [7, 11) is -2.42. The Kier molecular flexibility index (Phi) is 5.49. The number of amides is 1. The Morgan fingerprint density at radius 2 is 2.10 bits per heavy atom. The van der Waals surface area contributed by atoms with Crippen LogP contribution in [-0.2, 0) is 14.8 Å². The van der Waals surface area contributed by atoms with Gasteiger partial charge >= 0.3 is 0 Å². The molecule has 5 N–H and O–H groups in total. The standard InChI is InChI=1S/C12H19N3O4S/c1-8(5-6-13)12(16)15-10-7-9(20(14,17)18)3-4-11(10)19-2/h3-4,7-8H,5-6,13H2,1-2H3,(H,15,16)(H2,14,17,18). The van der Waals surface area contributed by atoms with Crippen molar-refractivity contribution in [1.82, 2.24) is 0 Å². The number of carbonyl (C=O) groups is 1. The molecule has 7 nitrogen and oxygen atoms in total. The number of rotatable bonds is 6. The Balaban J connectivity index is 3.06. The highest BCUT2D eigenvalue weighted by Crippen LogP contribution is 2.27. The van der Waals surface area contributed by atoms with Crippen molar-refractivity contribution >= 4 is 21.6 Å². The van der Waals surface area contributed by atoms with Gasteiger partial charge in [0.1, 0.15) is 5.75 Å². The molecular formula is C12H19N3O4S. The maximum Gasteiger partial charge on any atom is 0.238 e. The molecular weight excluding hydrogens is 282 g/mol. The number of carbonyl (C=O) groups excluding carboxylic acids is 1. The van der Waals surface area contributed by atoms with E-state index in [9.17, 15) is 13.2 Å². The molecule has 0 aliphatic rings. The van der Waals surface area contributed by atoms with E-state index in [0.717, 1.165) is 0 Å². The monoisotopic (exact) mass is 301 g/mol. The lowest BCUT2D eigenvalue weighted by molar-refractivity contribution is -0.119. The van der Waals surface area contributed by atoms with Crippen molar-refractivity contribution in [3.05, 3.63) is 18.2 Å². The van der Waals surface area contributed by atoms with Crippen LogP contribution in [0.5, 0.6) is 5.75 Å². The third kappa shape index (κ3) is 4.19. The number of nitrogens with two attached hydrogens (primary N) is 2. The van der Waals surface area contributed by atoms with E-state index < -0.39 is 10.0 Å². The Labute approximate surface area is 118 Å². The summed E-state index contributed by atoms with van der Waals surface area (Å²) in [6.07, 6.45) is 0.531. The van der Waals surface area contributed by atoms with Crippen LogP contribution >= 0.6 is 0 Å². The fourth-order valence-electron chi connectivity index (χ4n) is 1.60. The average Bonchev–Trinajstić information content (AvgIpc) is 2.37. The van der Waals surface area contributed by atoms with E-state index in [-0.39, 0.29) is 22.4 Å². The molecule has 0 aromatic heterocycles. The fourth-order valence-corrected chi connectivity index (χ4v) is 2.14. The average molecular weight is 301 g/mol. The maximum absolute atomic E-state index is 11.9. The highest BCUT2D eigenvalue weighted by Gasteiger charge is 2.17. The summed E-state index contributed by atoms with van der Waals surface area (Å²) in [4.78, 5) is 11.8. The van der Waals surface area contributed by atoms with Gasteiger partial charge < -0.3 is 15.8 Å². The number of primary sulfonamides is 1. The van der Waals surface area contributed by atoms with Gasteiger partial charge in [-0.2, -0.15) is 0 Å². The van der Waals surface area contributed by atoms with E-state index in [1.165, 1.54) is 25.3 Å². The molecule has 0 radical (unpaired) electrons. The number of hydrogen-bond donors (Lipinski definition) is 3. The molecule has 0 aliphatic carbocycles. The van der Waals surface area contributed by atoms with Crippen molar-refractivity contribution < 1.29 is 17.9 Å². The molecule has 20 heavy (non-hydrogen) atoms. The first kappa shape index (κ1) is 16.4. The van der Waals surface area contributed by atoms with Crippen molar-refractivity contribution in [2.75, 3.05) is 19.0 Å². The highest BCUT2D eigenvalue weighted by molar-refractivity contribution is 7.89. The van der Waals surface area contributed by atoms with Crippen LogP contribution in [0.1, 0.15) is 13.3 Å². The third-order valence-electron chi connectivity index (χ3n) is 2.80. The van der Waals surface area contributed by atoms with Crippen LogP contribution in [0.2, 0.25) is 0 Å². The van der Waals surface area contributed by atoms with E-state index in [4.69, 9.17) is 15.6 Å². The lowest BCUT2D eigenvalue weighted by Gasteiger charge is -2.14. The Morgan fingerprint density at radius 1 is 1.45 bits per heavy atom. The zero-order valence-electron chi connectivity index (χ0n) is 11.4. The smallest absolute Gasteiger partial charge is 0.238 e. The van der Waals surface area contributed by atoms with Gasteiger partial charge in [0, 0.05) is 5.92 Å². The molecule has 1 atom stereocenters. The van der Waals surface area contributed by atoms with Gasteiger partial charge in [0.25, 0.3) is 0 Å². The summed E-state index contributed by atoms with van der Waals surface area (Å²) < 4.78 is 27.7. The lowest BCUT2D eigenvalue weighted by Crippen LogP contribution is -2.23. The van der Waals surface area contributed by atoms with E-state index in [0.29, 0.717) is 18.7 Å². The zero-order valence-corrected chi connectivity index (χ0v) is 12.2. The minimum Gasteiger partial charge on any atom is -0.495 e. The van der Waals surface area contributed by atoms with Crippen LogP contribution in [0.25, 0.3) is 0 Å². The molecule has 0 heterocycles. The highest BCUT2D eigenvalue weighted by atomic mass is 32.2. The summed E-state index contributed by atoms with van der Waals surface area (Å²) in [5, 5.41) is 7.68. The van der Waals surface area contributed by atoms with Gasteiger partial charge in [-0.05, 0) is 31.2 Å². The molecule has 0 saturated heterocycles. The largest absolute Gasteiger partial charge is 0.495 e. The van der Waals surface area contributed by atoms with E-state index >= 15 is 0 Å². The van der Waals surface area contributed by atoms with Gasteiger partial charge in [0.2, 0.25) is 15.9 Å². The van der Waals surface area contributed by atoms with E-state index in [1.807, 2.05) is 0 Å². The number of benzene rings is 1. The summed E-state index contributed by atoms with van der Waals surface area (Å²) in [6.45, 7) is 2.13. The molecule has 1 aromatic carbocycles. The van der Waals surface area contributed by atoms with Gasteiger partial charge in [-0.15, -0.1) is 0 Å². The number of sulfonamides is 1. The molecule has 112 valence electrons. The third-order valence-corrected chi connectivity index (χ3v) is 3.72.